The van der Waals surface area contributed by atoms with Crippen LogP contribution in [0.2, 0.25) is 0 Å². The van der Waals surface area contributed by atoms with Gasteiger partial charge >= 0.3 is 5.97 Å². The van der Waals surface area contributed by atoms with Gasteiger partial charge in [-0.3, -0.25) is 0 Å². The van der Waals surface area contributed by atoms with E-state index in [0.717, 1.165) is 22.8 Å². The molecule has 0 bridgehead atoms. The van der Waals surface area contributed by atoms with E-state index in [4.69, 9.17) is 14.6 Å². The average molecular weight is 421 g/mol. The number of benzene rings is 3. The fourth-order valence-electron chi connectivity index (χ4n) is 2.73. The van der Waals surface area contributed by atoms with Crippen molar-refractivity contribution in [2.24, 2.45) is 0 Å². The molecule has 0 amide bonds. The summed E-state index contributed by atoms with van der Waals surface area (Å²) in [6.45, 7) is 2.29. The fourth-order valence-corrected chi connectivity index (χ4v) is 3.64. The Morgan fingerprint density at radius 1 is 0.933 bits per heavy atom. The number of carboxylic acid groups (broad SMARTS) is 1. The van der Waals surface area contributed by atoms with Crippen LogP contribution in [0.4, 0.5) is 0 Å². The van der Waals surface area contributed by atoms with E-state index in [1.165, 1.54) is 5.56 Å². The van der Waals surface area contributed by atoms with Gasteiger partial charge < -0.3 is 14.6 Å². The number of para-hydroxylation sites is 1. The molecular weight excluding hydrogens is 396 g/mol. The molecule has 0 aliphatic heterocycles. The molecule has 1 N–H and O–H groups in total. The molecule has 3 aromatic rings. The zero-order chi connectivity index (χ0) is 21.2. The zero-order valence-corrected chi connectivity index (χ0v) is 17.5. The second-order valence-electron chi connectivity index (χ2n) is 6.65. The number of carboxylic acids is 1. The van der Waals surface area contributed by atoms with Gasteiger partial charge in [-0.2, -0.15) is 0 Å². The molecule has 154 valence electrons. The lowest BCUT2D eigenvalue weighted by atomic mass is 10.1. The molecule has 30 heavy (non-hydrogen) atoms. The van der Waals surface area contributed by atoms with Crippen molar-refractivity contribution in [3.63, 3.8) is 0 Å². The average Bonchev–Trinajstić information content (AvgIpc) is 2.76. The summed E-state index contributed by atoms with van der Waals surface area (Å²) >= 11 is 1.70. The summed E-state index contributed by atoms with van der Waals surface area (Å²) in [4.78, 5) is 12.0. The van der Waals surface area contributed by atoms with Gasteiger partial charge in [-0.1, -0.05) is 42.5 Å². The van der Waals surface area contributed by atoms with Gasteiger partial charge in [0, 0.05) is 10.1 Å². The third-order valence-electron chi connectivity index (χ3n) is 4.30. The van der Waals surface area contributed by atoms with E-state index < -0.39 is 5.97 Å². The first kappa shape index (κ1) is 21.5. The number of hydrogen-bond acceptors (Lipinski definition) is 4. The van der Waals surface area contributed by atoms with Crippen LogP contribution in [0.3, 0.4) is 0 Å². The normalized spacial score (nSPS) is 11.9. The molecule has 1 unspecified atom stereocenters. The number of thioether (sulfide) groups is 1. The van der Waals surface area contributed by atoms with Crippen molar-refractivity contribution in [1.82, 2.24) is 0 Å². The lowest BCUT2D eigenvalue weighted by Gasteiger charge is -2.09. The molecule has 0 saturated carbocycles. The Morgan fingerprint density at radius 3 is 2.20 bits per heavy atom. The van der Waals surface area contributed by atoms with Crippen LogP contribution in [0, 0.1) is 0 Å². The Balaban J connectivity index is 1.41. The van der Waals surface area contributed by atoms with Crippen molar-refractivity contribution in [3.8, 4) is 11.5 Å². The minimum Gasteiger partial charge on any atom is -0.478 e. The highest BCUT2D eigenvalue weighted by Gasteiger charge is 2.04. The van der Waals surface area contributed by atoms with Gasteiger partial charge in [0.05, 0.1) is 5.56 Å². The minimum atomic E-state index is -0.903. The number of ether oxygens (including phenoxy) is 2. The molecule has 0 aromatic heterocycles. The van der Waals surface area contributed by atoms with Gasteiger partial charge in [-0.15, -0.1) is 11.8 Å². The number of allylic oxidation sites excluding steroid dienone is 1. The zero-order valence-electron chi connectivity index (χ0n) is 16.7. The third kappa shape index (κ3) is 7.01. The first-order valence-electron chi connectivity index (χ1n) is 9.66. The second kappa shape index (κ2) is 11.1. The monoisotopic (exact) mass is 420 g/mol. The first-order chi connectivity index (χ1) is 14.6. The van der Waals surface area contributed by atoms with Crippen LogP contribution in [0.1, 0.15) is 22.8 Å². The van der Waals surface area contributed by atoms with Crippen molar-refractivity contribution in [1.29, 1.82) is 0 Å². The summed E-state index contributed by atoms with van der Waals surface area (Å²) in [5, 5.41) is 9.25. The lowest BCUT2D eigenvalue weighted by molar-refractivity contribution is 0.0696. The van der Waals surface area contributed by atoms with Crippen molar-refractivity contribution < 1.29 is 19.4 Å². The molecule has 0 heterocycles. The lowest BCUT2D eigenvalue weighted by Crippen LogP contribution is -2.05. The largest absolute Gasteiger partial charge is 0.478 e. The van der Waals surface area contributed by atoms with Crippen molar-refractivity contribution in [2.45, 2.75) is 23.5 Å². The molecule has 4 nitrogen and oxygen atoms in total. The Kier molecular flexibility index (Phi) is 7.98. The van der Waals surface area contributed by atoms with Crippen LogP contribution in [0.25, 0.3) is 0 Å². The highest BCUT2D eigenvalue weighted by Crippen LogP contribution is 2.24. The van der Waals surface area contributed by atoms with Crippen LogP contribution in [-0.2, 0) is 6.42 Å². The molecule has 3 rings (SSSR count). The highest BCUT2D eigenvalue weighted by atomic mass is 32.2. The number of rotatable bonds is 10. The summed E-state index contributed by atoms with van der Waals surface area (Å²) in [6, 6.07) is 24.5. The molecule has 0 radical (unpaired) electrons. The van der Waals surface area contributed by atoms with Crippen LogP contribution < -0.4 is 9.47 Å². The maximum absolute atomic E-state index is 10.9. The van der Waals surface area contributed by atoms with Crippen LogP contribution in [-0.4, -0.2) is 23.1 Å². The Morgan fingerprint density at radius 2 is 1.57 bits per heavy atom. The highest BCUT2D eigenvalue weighted by molar-refractivity contribution is 8.00. The predicted molar refractivity (Wildman–Crippen MR) is 121 cm³/mol. The maximum atomic E-state index is 10.9. The van der Waals surface area contributed by atoms with E-state index in [-0.39, 0.29) is 6.79 Å². The van der Waals surface area contributed by atoms with Crippen molar-refractivity contribution >= 4 is 17.7 Å². The van der Waals surface area contributed by atoms with Gasteiger partial charge in [-0.05, 0) is 67.4 Å². The van der Waals surface area contributed by atoms with Crippen molar-refractivity contribution in [2.75, 3.05) is 6.79 Å². The predicted octanol–water partition coefficient (Wildman–Crippen LogP) is 6.08. The second-order valence-corrected chi connectivity index (χ2v) is 8.10. The van der Waals surface area contributed by atoms with Crippen LogP contribution in [0.15, 0.2) is 95.9 Å². The molecule has 5 heteroatoms. The maximum Gasteiger partial charge on any atom is 0.335 e. The molecule has 1 atom stereocenters. The Bertz CT molecular complexity index is 951. The van der Waals surface area contributed by atoms with Crippen molar-refractivity contribution in [3.05, 3.63) is 102 Å². The van der Waals surface area contributed by atoms with Gasteiger partial charge in [-0.25, -0.2) is 4.79 Å². The molecule has 3 aromatic carbocycles. The molecule has 0 spiro atoms. The van der Waals surface area contributed by atoms with Gasteiger partial charge in [0.2, 0.25) is 6.79 Å². The van der Waals surface area contributed by atoms with E-state index in [0.29, 0.717) is 10.8 Å². The number of aromatic carboxylic acids is 1. The summed E-state index contributed by atoms with van der Waals surface area (Å²) in [5.74, 6) is 0.649. The van der Waals surface area contributed by atoms with Crippen LogP contribution >= 0.6 is 11.8 Å². The minimum absolute atomic E-state index is 0.172. The quantitative estimate of drug-likeness (QED) is 0.245. The number of carbonyl (C=O) groups is 1. The smallest absolute Gasteiger partial charge is 0.335 e. The third-order valence-corrected chi connectivity index (χ3v) is 5.37. The summed E-state index contributed by atoms with van der Waals surface area (Å²) in [7, 11) is 0. The van der Waals surface area contributed by atoms with Gasteiger partial charge in [0.15, 0.2) is 0 Å². The van der Waals surface area contributed by atoms with E-state index >= 15 is 0 Å². The van der Waals surface area contributed by atoms with Gasteiger partial charge in [0.25, 0.3) is 0 Å². The first-order valence-corrected chi connectivity index (χ1v) is 10.5. The molecule has 0 saturated heterocycles. The number of hydrogen-bond donors (Lipinski definition) is 1. The molecule has 0 fully saturated rings. The van der Waals surface area contributed by atoms with E-state index in [9.17, 15) is 4.79 Å². The van der Waals surface area contributed by atoms with E-state index in [2.05, 4.69) is 19.1 Å². The SMILES string of the molecule is CC(/C=C\Cc1ccc(OCOc2ccccc2)cc1)Sc1ccc(C(=O)O)cc1. The molecule has 0 aliphatic rings. The van der Waals surface area contributed by atoms with Crippen LogP contribution in [0.5, 0.6) is 11.5 Å². The Labute approximate surface area is 181 Å². The van der Waals surface area contributed by atoms with E-state index in [1.54, 1.807) is 23.9 Å². The Hall–Kier alpha value is -3.18. The standard InChI is InChI=1S/C25H24O4S/c1-19(30-24-16-12-21(13-17-24)25(26)27)6-5-7-20-10-14-23(15-11-20)29-18-28-22-8-3-2-4-9-22/h2-6,8-17,19H,7,18H2,1H3,(H,26,27)/b6-5-. The summed E-state index contributed by atoms with van der Waals surface area (Å²) in [5.41, 5.74) is 1.51. The summed E-state index contributed by atoms with van der Waals surface area (Å²) < 4.78 is 11.2. The van der Waals surface area contributed by atoms with Gasteiger partial charge in [0.1, 0.15) is 11.5 Å². The fraction of sp³-hybridized carbons (Fsp3) is 0.160. The molecule has 0 aliphatic carbocycles. The molecular formula is C25H24O4S. The topological polar surface area (TPSA) is 55.8 Å². The summed E-state index contributed by atoms with van der Waals surface area (Å²) in [6.07, 6.45) is 5.15. The van der Waals surface area contributed by atoms with E-state index in [1.807, 2.05) is 66.7 Å².